The lowest BCUT2D eigenvalue weighted by Gasteiger charge is -2.31. The van der Waals surface area contributed by atoms with E-state index in [2.05, 4.69) is 20.7 Å². The van der Waals surface area contributed by atoms with Crippen LogP contribution < -0.4 is 19.5 Å². The maximum absolute atomic E-state index is 14.0. The largest absolute Gasteiger partial charge is 0.497 e. The molecule has 6 rings (SSSR count). The van der Waals surface area contributed by atoms with E-state index in [1.165, 1.54) is 16.1 Å². The van der Waals surface area contributed by atoms with E-state index < -0.39 is 6.04 Å². The molecule has 2 atom stereocenters. The number of carbonyl (C=O) groups is 2. The first-order valence-corrected chi connectivity index (χ1v) is 14.5. The zero-order valence-corrected chi connectivity index (χ0v) is 23.8. The maximum Gasteiger partial charge on any atom is 0.248 e. The normalized spacial score (nSPS) is 16.3. The molecular formula is C29H30N6O6S. The monoisotopic (exact) mass is 590 g/mol. The van der Waals surface area contributed by atoms with Crippen molar-refractivity contribution in [2.75, 3.05) is 27.1 Å². The van der Waals surface area contributed by atoms with E-state index in [1.54, 1.807) is 30.2 Å². The van der Waals surface area contributed by atoms with E-state index in [0.717, 1.165) is 28.8 Å². The van der Waals surface area contributed by atoms with Crippen LogP contribution in [0.15, 0.2) is 60.0 Å². The molecule has 0 bridgehead atoms. The predicted octanol–water partition coefficient (Wildman–Crippen LogP) is 3.20. The number of ether oxygens (including phenoxy) is 4. The molecule has 2 aromatic carbocycles. The van der Waals surface area contributed by atoms with Crippen molar-refractivity contribution >= 4 is 23.2 Å². The van der Waals surface area contributed by atoms with Crippen LogP contribution in [0.1, 0.15) is 29.3 Å². The van der Waals surface area contributed by atoms with E-state index in [9.17, 15) is 9.59 Å². The van der Waals surface area contributed by atoms with Crippen LogP contribution in [0.5, 0.6) is 17.2 Å². The smallest absolute Gasteiger partial charge is 0.248 e. The molecular weight excluding hydrogens is 560 g/mol. The van der Waals surface area contributed by atoms with Gasteiger partial charge in [0.25, 0.3) is 0 Å². The lowest BCUT2D eigenvalue weighted by Crippen LogP contribution is -2.45. The van der Waals surface area contributed by atoms with Gasteiger partial charge in [-0.05, 0) is 71.5 Å². The van der Waals surface area contributed by atoms with Crippen molar-refractivity contribution < 1.29 is 28.5 Å². The van der Waals surface area contributed by atoms with Gasteiger partial charge in [-0.1, -0.05) is 12.1 Å². The SMILES string of the molecule is COc1ccc(-c2nnn(CC(=O)N(Cc3ccc4c(c3)OCO4)[C@@H](C(=O)NC[C@H]3CCCO3)c3cccs3)n2)cc1. The molecule has 2 amide bonds. The molecule has 1 saturated heterocycles. The molecule has 4 aromatic rings. The zero-order chi connectivity index (χ0) is 28.9. The number of amides is 2. The van der Waals surface area contributed by atoms with Crippen LogP contribution in [0.2, 0.25) is 0 Å². The van der Waals surface area contributed by atoms with Crippen molar-refractivity contribution in [2.24, 2.45) is 0 Å². The van der Waals surface area contributed by atoms with E-state index in [1.807, 2.05) is 41.8 Å². The summed E-state index contributed by atoms with van der Waals surface area (Å²) >= 11 is 1.41. The first kappa shape index (κ1) is 27.7. The molecule has 0 unspecified atom stereocenters. The number of thiophene rings is 1. The van der Waals surface area contributed by atoms with Gasteiger partial charge in [-0.2, -0.15) is 4.80 Å². The van der Waals surface area contributed by atoms with Gasteiger partial charge in [0.1, 0.15) is 18.3 Å². The van der Waals surface area contributed by atoms with Gasteiger partial charge in [0, 0.05) is 30.1 Å². The third-order valence-electron chi connectivity index (χ3n) is 7.09. The van der Waals surface area contributed by atoms with Gasteiger partial charge in [0.05, 0.1) is 13.2 Å². The molecule has 218 valence electrons. The van der Waals surface area contributed by atoms with Crippen molar-refractivity contribution in [3.63, 3.8) is 0 Å². The summed E-state index contributed by atoms with van der Waals surface area (Å²) in [6.45, 7) is 1.13. The molecule has 1 fully saturated rings. The highest BCUT2D eigenvalue weighted by Crippen LogP contribution is 2.34. The number of aromatic nitrogens is 4. The number of hydrogen-bond donors (Lipinski definition) is 1. The van der Waals surface area contributed by atoms with Crippen LogP contribution >= 0.6 is 11.3 Å². The van der Waals surface area contributed by atoms with Gasteiger partial charge in [-0.3, -0.25) is 9.59 Å². The summed E-state index contributed by atoms with van der Waals surface area (Å²) in [6.07, 6.45) is 1.82. The number of methoxy groups -OCH3 is 1. The van der Waals surface area contributed by atoms with Gasteiger partial charge in [-0.15, -0.1) is 21.5 Å². The predicted molar refractivity (Wildman–Crippen MR) is 152 cm³/mol. The standard InChI is InChI=1S/C29H30N6O6S/c1-38-21-9-7-20(8-10-21)28-31-33-35(32-28)17-26(36)34(16-19-6-11-23-24(14-19)41-18-40-23)27(25-5-3-13-42-25)29(37)30-15-22-4-2-12-39-22/h3,5-11,13-14,22,27H,2,4,12,15-18H2,1H3,(H,30,37)/t22-,27-/m1/s1. The van der Waals surface area contributed by atoms with Gasteiger partial charge < -0.3 is 29.2 Å². The first-order chi connectivity index (χ1) is 20.6. The summed E-state index contributed by atoms with van der Waals surface area (Å²) in [4.78, 5) is 31.3. The average Bonchev–Trinajstić information content (AvgIpc) is 3.84. The highest BCUT2D eigenvalue weighted by molar-refractivity contribution is 7.10. The van der Waals surface area contributed by atoms with Crippen LogP contribution in [-0.4, -0.2) is 70.1 Å². The summed E-state index contributed by atoms with van der Waals surface area (Å²) in [5.74, 6) is 1.68. The Morgan fingerprint density at radius 2 is 2.02 bits per heavy atom. The summed E-state index contributed by atoms with van der Waals surface area (Å²) in [5, 5.41) is 17.6. The van der Waals surface area contributed by atoms with Crippen molar-refractivity contribution in [1.82, 2.24) is 30.4 Å². The Kier molecular flexibility index (Phi) is 8.28. The summed E-state index contributed by atoms with van der Waals surface area (Å²) in [7, 11) is 1.59. The van der Waals surface area contributed by atoms with Crippen LogP contribution in [0.3, 0.4) is 0 Å². The lowest BCUT2D eigenvalue weighted by atomic mass is 10.1. The fourth-order valence-electron chi connectivity index (χ4n) is 4.92. The third-order valence-corrected chi connectivity index (χ3v) is 8.01. The number of benzene rings is 2. The Morgan fingerprint density at radius 3 is 2.79 bits per heavy atom. The first-order valence-electron chi connectivity index (χ1n) is 13.6. The van der Waals surface area contributed by atoms with Crippen LogP contribution in [-0.2, 0) is 27.4 Å². The van der Waals surface area contributed by atoms with E-state index in [-0.39, 0.29) is 37.8 Å². The van der Waals surface area contributed by atoms with Gasteiger partial charge in [0.2, 0.25) is 24.4 Å². The van der Waals surface area contributed by atoms with Crippen molar-refractivity contribution in [2.45, 2.75) is 38.1 Å². The molecule has 4 heterocycles. The maximum atomic E-state index is 14.0. The van der Waals surface area contributed by atoms with Crippen molar-refractivity contribution in [1.29, 1.82) is 0 Å². The molecule has 2 aliphatic heterocycles. The number of carbonyl (C=O) groups excluding carboxylic acids is 2. The minimum absolute atomic E-state index is 0.0355. The minimum atomic E-state index is -0.881. The molecule has 13 heteroatoms. The number of tetrazole rings is 1. The zero-order valence-electron chi connectivity index (χ0n) is 23.0. The second kappa shape index (κ2) is 12.6. The van der Waals surface area contributed by atoms with E-state index in [0.29, 0.717) is 36.2 Å². The minimum Gasteiger partial charge on any atom is -0.497 e. The van der Waals surface area contributed by atoms with Crippen LogP contribution in [0.25, 0.3) is 11.4 Å². The second-order valence-corrected chi connectivity index (χ2v) is 10.9. The van der Waals surface area contributed by atoms with E-state index >= 15 is 0 Å². The molecule has 1 N–H and O–H groups in total. The fraction of sp³-hybridized carbons (Fsp3) is 0.345. The molecule has 0 saturated carbocycles. The van der Waals surface area contributed by atoms with Crippen molar-refractivity contribution in [3.05, 3.63) is 70.4 Å². The number of rotatable bonds is 11. The topological polar surface area (TPSA) is 130 Å². The lowest BCUT2D eigenvalue weighted by molar-refractivity contribution is -0.142. The van der Waals surface area contributed by atoms with Gasteiger partial charge in [-0.25, -0.2) is 0 Å². The summed E-state index contributed by atoms with van der Waals surface area (Å²) in [6, 6.07) is 15.6. The Bertz CT molecular complexity index is 1520. The second-order valence-electron chi connectivity index (χ2n) is 9.88. The Labute approximate surface area is 246 Å². The van der Waals surface area contributed by atoms with Crippen LogP contribution in [0.4, 0.5) is 0 Å². The fourth-order valence-corrected chi connectivity index (χ4v) is 5.76. The third kappa shape index (κ3) is 6.21. The Balaban J connectivity index is 1.27. The number of fused-ring (bicyclic) bond motifs is 1. The molecule has 0 radical (unpaired) electrons. The average molecular weight is 591 g/mol. The summed E-state index contributed by atoms with van der Waals surface area (Å²) in [5.41, 5.74) is 1.52. The van der Waals surface area contributed by atoms with Crippen molar-refractivity contribution in [3.8, 4) is 28.6 Å². The highest BCUT2D eigenvalue weighted by atomic mass is 32.1. The molecule has 0 spiro atoms. The summed E-state index contributed by atoms with van der Waals surface area (Å²) < 4.78 is 21.9. The number of nitrogens with zero attached hydrogens (tertiary/aromatic N) is 5. The molecule has 2 aromatic heterocycles. The number of nitrogens with one attached hydrogen (secondary N) is 1. The number of hydrogen-bond acceptors (Lipinski definition) is 10. The van der Waals surface area contributed by atoms with Gasteiger partial charge in [0.15, 0.2) is 11.5 Å². The Morgan fingerprint density at radius 1 is 1.17 bits per heavy atom. The highest BCUT2D eigenvalue weighted by Gasteiger charge is 2.34. The van der Waals surface area contributed by atoms with Crippen LogP contribution in [0, 0.1) is 0 Å². The molecule has 0 aliphatic carbocycles. The Hall–Kier alpha value is -4.49. The molecule has 12 nitrogen and oxygen atoms in total. The molecule has 2 aliphatic rings. The van der Waals surface area contributed by atoms with E-state index in [4.69, 9.17) is 18.9 Å². The van der Waals surface area contributed by atoms with Gasteiger partial charge >= 0.3 is 0 Å². The quantitative estimate of drug-likeness (QED) is 0.280. The molecule has 42 heavy (non-hydrogen) atoms.